The van der Waals surface area contributed by atoms with Crippen LogP contribution < -0.4 is 10.9 Å². The van der Waals surface area contributed by atoms with Crippen LogP contribution in [0, 0.1) is 4.77 Å². The number of carbonyl (C=O) groups excluding carboxylic acids is 1. The van der Waals surface area contributed by atoms with Gasteiger partial charge in [0, 0.05) is 18.2 Å². The summed E-state index contributed by atoms with van der Waals surface area (Å²) >= 11 is 5.41. The lowest BCUT2D eigenvalue weighted by molar-refractivity contribution is 0.0941. The Morgan fingerprint density at radius 2 is 2.03 bits per heavy atom. The Hall–Kier alpha value is -2.77. The van der Waals surface area contributed by atoms with Crippen LogP contribution in [-0.2, 0) is 0 Å². The third kappa shape index (κ3) is 3.88. The topological polar surface area (TPSA) is 70.1 Å². The van der Waals surface area contributed by atoms with Crippen LogP contribution in [0.2, 0.25) is 0 Å². The van der Waals surface area contributed by atoms with E-state index in [1.54, 1.807) is 18.2 Å². The highest BCUT2D eigenvalue weighted by Crippen LogP contribution is 2.16. The van der Waals surface area contributed by atoms with E-state index in [9.17, 15) is 9.59 Å². The Kier molecular flexibility index (Phi) is 5.60. The number of likely N-dealkylation sites (tertiary alicyclic amines) is 1. The molecule has 4 rings (SSSR count). The molecule has 0 radical (unpaired) electrons. The Morgan fingerprint density at radius 3 is 2.79 bits per heavy atom. The molecule has 1 amide bonds. The van der Waals surface area contributed by atoms with Crippen LogP contribution in [0.15, 0.2) is 53.3 Å². The highest BCUT2D eigenvalue weighted by atomic mass is 32.1. The highest BCUT2D eigenvalue weighted by Gasteiger charge is 2.23. The van der Waals surface area contributed by atoms with Gasteiger partial charge in [-0.2, -0.15) is 0 Å². The van der Waals surface area contributed by atoms with Gasteiger partial charge in [-0.25, -0.2) is 0 Å². The number of nitrogens with one attached hydrogen (secondary N) is 2. The summed E-state index contributed by atoms with van der Waals surface area (Å²) in [5.41, 5.74) is 1.59. The van der Waals surface area contributed by atoms with Crippen LogP contribution in [0.5, 0.6) is 0 Å². The number of likely N-dealkylation sites (N-methyl/N-ethyl adjacent to an activating group) is 1. The Labute approximate surface area is 174 Å². The summed E-state index contributed by atoms with van der Waals surface area (Å²) in [6.07, 6.45) is 2.28. The predicted octanol–water partition coefficient (Wildman–Crippen LogP) is 3.26. The number of rotatable bonds is 5. The SMILES string of the molecule is CCN1CCC[C@H]1CNC(=O)c1ccc2c(=O)n(-c3ccccc3)c(=S)[nH]c2c1. The third-order valence-corrected chi connectivity index (χ3v) is 5.86. The average Bonchev–Trinajstić information content (AvgIpc) is 3.20. The van der Waals surface area contributed by atoms with E-state index in [0.717, 1.165) is 19.5 Å². The number of hydrogen-bond acceptors (Lipinski definition) is 4. The maximum atomic E-state index is 13.0. The lowest BCUT2D eigenvalue weighted by Crippen LogP contribution is -2.40. The number of benzene rings is 2. The molecule has 1 aliphatic heterocycles. The molecule has 7 heteroatoms. The summed E-state index contributed by atoms with van der Waals surface area (Å²) in [6.45, 7) is 4.88. The normalized spacial score (nSPS) is 16.9. The molecule has 1 atom stereocenters. The molecule has 0 spiro atoms. The zero-order valence-electron chi connectivity index (χ0n) is 16.4. The number of carbonyl (C=O) groups is 1. The highest BCUT2D eigenvalue weighted by molar-refractivity contribution is 7.71. The number of fused-ring (bicyclic) bond motifs is 1. The van der Waals surface area contributed by atoms with Crippen LogP contribution in [0.3, 0.4) is 0 Å². The second kappa shape index (κ2) is 8.31. The maximum absolute atomic E-state index is 13.0. The van der Waals surface area contributed by atoms with Crippen LogP contribution in [0.25, 0.3) is 16.6 Å². The fourth-order valence-corrected chi connectivity index (χ4v) is 4.32. The smallest absolute Gasteiger partial charge is 0.266 e. The van der Waals surface area contributed by atoms with Gasteiger partial charge < -0.3 is 10.3 Å². The minimum atomic E-state index is -0.202. The van der Waals surface area contributed by atoms with Crippen molar-refractivity contribution in [3.8, 4) is 5.69 Å². The first-order chi connectivity index (χ1) is 14.1. The van der Waals surface area contributed by atoms with Crippen LogP contribution in [-0.4, -0.2) is 46.0 Å². The zero-order valence-corrected chi connectivity index (χ0v) is 17.2. The van der Waals surface area contributed by atoms with Crippen LogP contribution >= 0.6 is 12.2 Å². The number of hydrogen-bond donors (Lipinski definition) is 2. The molecule has 0 aliphatic carbocycles. The quantitative estimate of drug-likeness (QED) is 0.636. The molecule has 1 aromatic heterocycles. The molecule has 0 bridgehead atoms. The van der Waals surface area contributed by atoms with E-state index in [0.29, 0.717) is 39.5 Å². The molecule has 3 aromatic rings. The number of aromatic amines is 1. The molecular formula is C22H24N4O2S. The van der Waals surface area contributed by atoms with Gasteiger partial charge in [0.05, 0.1) is 16.6 Å². The van der Waals surface area contributed by atoms with Gasteiger partial charge in [0.15, 0.2) is 4.77 Å². The molecule has 29 heavy (non-hydrogen) atoms. The van der Waals surface area contributed by atoms with Crippen molar-refractivity contribution in [2.75, 3.05) is 19.6 Å². The van der Waals surface area contributed by atoms with Crippen molar-refractivity contribution in [3.63, 3.8) is 0 Å². The average molecular weight is 409 g/mol. The van der Waals surface area contributed by atoms with Crippen molar-refractivity contribution in [2.45, 2.75) is 25.8 Å². The summed E-state index contributed by atoms with van der Waals surface area (Å²) in [4.78, 5) is 31.1. The van der Waals surface area contributed by atoms with Gasteiger partial charge in [-0.05, 0) is 68.5 Å². The first-order valence-electron chi connectivity index (χ1n) is 9.95. The van der Waals surface area contributed by atoms with E-state index >= 15 is 0 Å². The van der Waals surface area contributed by atoms with Gasteiger partial charge >= 0.3 is 0 Å². The van der Waals surface area contributed by atoms with E-state index in [2.05, 4.69) is 22.1 Å². The van der Waals surface area contributed by atoms with Gasteiger partial charge in [0.2, 0.25) is 0 Å². The minimum Gasteiger partial charge on any atom is -0.350 e. The molecular weight excluding hydrogens is 384 g/mol. The second-order valence-corrected chi connectivity index (χ2v) is 7.69. The predicted molar refractivity (Wildman–Crippen MR) is 117 cm³/mol. The molecule has 150 valence electrons. The van der Waals surface area contributed by atoms with Crippen LogP contribution in [0.1, 0.15) is 30.1 Å². The molecule has 0 saturated carbocycles. The molecule has 2 N–H and O–H groups in total. The van der Waals surface area contributed by atoms with E-state index in [4.69, 9.17) is 12.2 Å². The maximum Gasteiger partial charge on any atom is 0.266 e. The van der Waals surface area contributed by atoms with Gasteiger partial charge in [-0.1, -0.05) is 25.1 Å². The van der Waals surface area contributed by atoms with Crippen molar-refractivity contribution in [2.24, 2.45) is 0 Å². The first kappa shape index (κ1) is 19.5. The molecule has 6 nitrogen and oxygen atoms in total. The summed E-state index contributed by atoms with van der Waals surface area (Å²) in [6, 6.07) is 14.7. The van der Waals surface area contributed by atoms with E-state index in [1.165, 1.54) is 11.0 Å². The summed E-state index contributed by atoms with van der Waals surface area (Å²) in [5, 5.41) is 3.53. The Morgan fingerprint density at radius 1 is 1.24 bits per heavy atom. The number of amides is 1. The van der Waals surface area contributed by atoms with Crippen molar-refractivity contribution < 1.29 is 4.79 Å². The van der Waals surface area contributed by atoms with Gasteiger partial charge in [-0.3, -0.25) is 19.1 Å². The molecule has 0 unspecified atom stereocenters. The van der Waals surface area contributed by atoms with E-state index in [-0.39, 0.29) is 11.5 Å². The van der Waals surface area contributed by atoms with Crippen LogP contribution in [0.4, 0.5) is 0 Å². The fourth-order valence-electron chi connectivity index (χ4n) is 4.03. The monoisotopic (exact) mass is 408 g/mol. The largest absolute Gasteiger partial charge is 0.350 e. The molecule has 2 heterocycles. The van der Waals surface area contributed by atoms with Crippen molar-refractivity contribution in [1.82, 2.24) is 19.8 Å². The lowest BCUT2D eigenvalue weighted by Gasteiger charge is -2.22. The lowest BCUT2D eigenvalue weighted by atomic mass is 10.1. The number of nitrogens with zero attached hydrogens (tertiary/aromatic N) is 2. The summed E-state index contributed by atoms with van der Waals surface area (Å²) in [7, 11) is 0. The van der Waals surface area contributed by atoms with Crippen molar-refractivity contribution >= 4 is 29.0 Å². The minimum absolute atomic E-state index is 0.138. The Bertz CT molecular complexity index is 1150. The first-order valence-corrected chi connectivity index (χ1v) is 10.4. The molecule has 1 fully saturated rings. The van der Waals surface area contributed by atoms with Crippen molar-refractivity contribution in [1.29, 1.82) is 0 Å². The second-order valence-electron chi connectivity index (χ2n) is 7.30. The standard InChI is InChI=1S/C22H24N4O2S/c1-2-25-12-6-9-17(25)14-23-20(27)15-10-11-18-19(13-15)24-22(29)26(21(18)28)16-7-4-3-5-8-16/h3-5,7-8,10-11,13,17H,2,6,9,12,14H2,1H3,(H,23,27)(H,24,29)/t17-/m0/s1. The molecule has 1 saturated heterocycles. The van der Waals surface area contributed by atoms with Gasteiger partial charge in [0.25, 0.3) is 11.5 Å². The van der Waals surface area contributed by atoms with E-state index < -0.39 is 0 Å². The van der Waals surface area contributed by atoms with Gasteiger partial charge in [-0.15, -0.1) is 0 Å². The summed E-state index contributed by atoms with van der Waals surface area (Å²) in [5.74, 6) is -0.138. The Balaban J connectivity index is 1.61. The van der Waals surface area contributed by atoms with E-state index in [1.807, 2.05) is 30.3 Å². The number of H-pyrrole nitrogens is 1. The molecule has 1 aliphatic rings. The summed E-state index contributed by atoms with van der Waals surface area (Å²) < 4.78 is 1.77. The zero-order chi connectivity index (χ0) is 20.4. The van der Waals surface area contributed by atoms with Crippen molar-refractivity contribution in [3.05, 3.63) is 69.2 Å². The number of aromatic nitrogens is 2. The van der Waals surface area contributed by atoms with Gasteiger partial charge in [0.1, 0.15) is 0 Å². The molecule has 2 aromatic carbocycles. The fraction of sp³-hybridized carbons (Fsp3) is 0.318. The third-order valence-electron chi connectivity index (χ3n) is 5.58. The number of para-hydroxylation sites is 1.